The average Bonchev–Trinajstić information content (AvgIpc) is 2.80. The lowest BCUT2D eigenvalue weighted by Crippen LogP contribution is -2.62. The fourth-order valence-corrected chi connectivity index (χ4v) is 3.25. The van der Waals surface area contributed by atoms with E-state index in [4.69, 9.17) is 22.7 Å². The molecule has 0 aromatic heterocycles. The zero-order chi connectivity index (χ0) is 14.1. The molecule has 1 saturated heterocycles. The van der Waals surface area contributed by atoms with Gasteiger partial charge in [0.05, 0.1) is 10.5 Å². The maximum atomic E-state index is 12.5. The van der Waals surface area contributed by atoms with Crippen molar-refractivity contribution in [3.8, 4) is 0 Å². The Bertz CT molecular complexity index is 370. The third-order valence-corrected chi connectivity index (χ3v) is 5.04. The number of nitrogens with one attached hydrogen (secondary N) is 1. The number of rotatable bonds is 3. The molecule has 2 rings (SSSR count). The van der Waals surface area contributed by atoms with Crippen LogP contribution in [0.4, 0.5) is 0 Å². The Labute approximate surface area is 120 Å². The van der Waals surface area contributed by atoms with Gasteiger partial charge in [0.15, 0.2) is 0 Å². The summed E-state index contributed by atoms with van der Waals surface area (Å²) < 4.78 is 5.59. The van der Waals surface area contributed by atoms with Crippen molar-refractivity contribution < 1.29 is 9.53 Å². The predicted octanol–water partition coefficient (Wildman–Crippen LogP) is 1.91. The Morgan fingerprint density at radius 2 is 2.00 bits per heavy atom. The Morgan fingerprint density at radius 3 is 2.47 bits per heavy atom. The second kappa shape index (κ2) is 5.37. The molecule has 2 aliphatic rings. The maximum absolute atomic E-state index is 12.5. The van der Waals surface area contributed by atoms with E-state index in [9.17, 15) is 4.79 Å². The Hall–Kier alpha value is -0.680. The number of hydrogen-bond donors (Lipinski definition) is 2. The van der Waals surface area contributed by atoms with E-state index >= 15 is 0 Å². The van der Waals surface area contributed by atoms with E-state index in [1.165, 1.54) is 0 Å². The maximum Gasteiger partial charge on any atom is 0.252 e. The van der Waals surface area contributed by atoms with Gasteiger partial charge in [-0.2, -0.15) is 0 Å². The summed E-state index contributed by atoms with van der Waals surface area (Å²) in [5.41, 5.74) is 4.70. The summed E-state index contributed by atoms with van der Waals surface area (Å²) in [6.07, 6.45) is 5.48. The van der Waals surface area contributed by atoms with Crippen LogP contribution in [0.25, 0.3) is 0 Å². The van der Waals surface area contributed by atoms with E-state index in [0.29, 0.717) is 17.5 Å². The molecule has 4 nitrogen and oxygen atoms in total. The molecule has 3 N–H and O–H groups in total. The molecule has 0 bridgehead atoms. The van der Waals surface area contributed by atoms with Crippen molar-refractivity contribution in [2.75, 3.05) is 6.61 Å². The lowest BCUT2D eigenvalue weighted by atomic mass is 9.76. The van der Waals surface area contributed by atoms with Crippen LogP contribution in [0.2, 0.25) is 0 Å². The predicted molar refractivity (Wildman–Crippen MR) is 78.9 cm³/mol. The van der Waals surface area contributed by atoms with Crippen LogP contribution in [-0.4, -0.2) is 28.6 Å². The van der Waals surface area contributed by atoms with Crippen LogP contribution in [0.1, 0.15) is 52.4 Å². The number of ether oxygens (including phenoxy) is 1. The summed E-state index contributed by atoms with van der Waals surface area (Å²) in [6.45, 7) is 4.74. The molecule has 1 aliphatic carbocycles. The fraction of sp³-hybridized carbons (Fsp3) is 0.857. The molecule has 2 fully saturated rings. The van der Waals surface area contributed by atoms with Crippen LogP contribution in [0.15, 0.2) is 0 Å². The highest BCUT2D eigenvalue weighted by molar-refractivity contribution is 7.80. The van der Waals surface area contributed by atoms with Gasteiger partial charge in [-0.3, -0.25) is 4.79 Å². The van der Waals surface area contributed by atoms with Gasteiger partial charge in [0.2, 0.25) is 0 Å². The smallest absolute Gasteiger partial charge is 0.252 e. The number of thiocarbonyl (C=S) groups is 1. The third-order valence-electron chi connectivity index (χ3n) is 4.65. The van der Waals surface area contributed by atoms with Crippen LogP contribution >= 0.6 is 12.2 Å². The van der Waals surface area contributed by atoms with Crippen LogP contribution in [-0.2, 0) is 9.53 Å². The standard InChI is InChI=1S/C14H24N2O2S/c1-10-4-7-14(8-5-10,11(15)19)16-12(17)13(2)6-3-9-18-13/h10H,3-9H2,1-2H3,(H2,15,19)(H,16,17). The number of carbonyl (C=O) groups is 1. The molecular weight excluding hydrogens is 260 g/mol. The summed E-state index contributed by atoms with van der Waals surface area (Å²) in [4.78, 5) is 12.9. The van der Waals surface area contributed by atoms with Crippen LogP contribution < -0.4 is 11.1 Å². The number of carbonyl (C=O) groups excluding carboxylic acids is 1. The van der Waals surface area contributed by atoms with Crippen molar-refractivity contribution in [1.82, 2.24) is 5.32 Å². The summed E-state index contributed by atoms with van der Waals surface area (Å²) in [5, 5.41) is 3.10. The third kappa shape index (κ3) is 2.92. The molecule has 0 spiro atoms. The summed E-state index contributed by atoms with van der Waals surface area (Å²) >= 11 is 5.22. The summed E-state index contributed by atoms with van der Waals surface area (Å²) in [7, 11) is 0. The normalized spacial score (nSPS) is 38.9. The zero-order valence-corrected chi connectivity index (χ0v) is 12.6. The Kier molecular flexibility index (Phi) is 4.16. The molecule has 19 heavy (non-hydrogen) atoms. The molecule has 1 atom stereocenters. The lowest BCUT2D eigenvalue weighted by Gasteiger charge is -2.41. The first-order valence-electron chi connectivity index (χ1n) is 7.14. The average molecular weight is 284 g/mol. The van der Waals surface area contributed by atoms with Gasteiger partial charge in [0.1, 0.15) is 5.60 Å². The highest BCUT2D eigenvalue weighted by atomic mass is 32.1. The van der Waals surface area contributed by atoms with E-state index < -0.39 is 11.1 Å². The molecule has 1 unspecified atom stereocenters. The van der Waals surface area contributed by atoms with Gasteiger partial charge in [-0.1, -0.05) is 19.1 Å². The molecule has 1 heterocycles. The van der Waals surface area contributed by atoms with E-state index in [0.717, 1.165) is 38.5 Å². The quantitative estimate of drug-likeness (QED) is 0.777. The van der Waals surface area contributed by atoms with Crippen LogP contribution in [0.5, 0.6) is 0 Å². The first-order chi connectivity index (χ1) is 8.88. The second-order valence-electron chi connectivity index (χ2n) is 6.27. The molecule has 1 saturated carbocycles. The van der Waals surface area contributed by atoms with Gasteiger partial charge in [0, 0.05) is 6.61 Å². The van der Waals surface area contributed by atoms with Crippen molar-refractivity contribution in [1.29, 1.82) is 0 Å². The number of hydrogen-bond acceptors (Lipinski definition) is 3. The van der Waals surface area contributed by atoms with Gasteiger partial charge in [-0.05, 0) is 51.4 Å². The van der Waals surface area contributed by atoms with Crippen molar-refractivity contribution in [2.45, 2.75) is 63.5 Å². The minimum Gasteiger partial charge on any atom is -0.391 e. The lowest BCUT2D eigenvalue weighted by molar-refractivity contribution is -0.141. The Morgan fingerprint density at radius 1 is 1.37 bits per heavy atom. The van der Waals surface area contributed by atoms with Crippen molar-refractivity contribution in [2.24, 2.45) is 11.7 Å². The summed E-state index contributed by atoms with van der Waals surface area (Å²) in [5.74, 6) is 0.616. The molecular formula is C14H24N2O2S. The molecule has 0 radical (unpaired) electrons. The first-order valence-corrected chi connectivity index (χ1v) is 7.55. The SMILES string of the molecule is CC1CCC(NC(=O)C2(C)CCCO2)(C(N)=S)CC1. The number of nitrogens with two attached hydrogens (primary N) is 1. The number of amides is 1. The molecule has 5 heteroatoms. The van der Waals surface area contributed by atoms with Gasteiger partial charge in [0.25, 0.3) is 5.91 Å². The zero-order valence-electron chi connectivity index (χ0n) is 11.8. The summed E-state index contributed by atoms with van der Waals surface area (Å²) in [6, 6.07) is 0. The fourth-order valence-electron chi connectivity index (χ4n) is 3.00. The van der Waals surface area contributed by atoms with E-state index in [1.54, 1.807) is 0 Å². The van der Waals surface area contributed by atoms with Crippen molar-refractivity contribution in [3.05, 3.63) is 0 Å². The second-order valence-corrected chi connectivity index (χ2v) is 6.71. The molecule has 1 amide bonds. The highest BCUT2D eigenvalue weighted by Gasteiger charge is 2.44. The first kappa shape index (κ1) is 14.7. The minimum absolute atomic E-state index is 0.0626. The van der Waals surface area contributed by atoms with E-state index in [2.05, 4.69) is 12.2 Å². The van der Waals surface area contributed by atoms with Gasteiger partial charge < -0.3 is 15.8 Å². The van der Waals surface area contributed by atoms with Gasteiger partial charge in [-0.15, -0.1) is 0 Å². The van der Waals surface area contributed by atoms with Crippen molar-refractivity contribution in [3.63, 3.8) is 0 Å². The van der Waals surface area contributed by atoms with Crippen LogP contribution in [0.3, 0.4) is 0 Å². The monoisotopic (exact) mass is 284 g/mol. The largest absolute Gasteiger partial charge is 0.391 e. The van der Waals surface area contributed by atoms with Crippen molar-refractivity contribution >= 4 is 23.1 Å². The molecule has 1 aliphatic heterocycles. The van der Waals surface area contributed by atoms with E-state index in [-0.39, 0.29) is 5.91 Å². The minimum atomic E-state index is -0.707. The molecule has 0 aromatic carbocycles. The van der Waals surface area contributed by atoms with Gasteiger partial charge in [-0.25, -0.2) is 0 Å². The molecule has 0 aromatic rings. The molecule has 108 valence electrons. The van der Waals surface area contributed by atoms with Gasteiger partial charge >= 0.3 is 0 Å². The topological polar surface area (TPSA) is 64.3 Å². The Balaban J connectivity index is 2.09. The van der Waals surface area contributed by atoms with Crippen LogP contribution in [0, 0.1) is 5.92 Å². The highest BCUT2D eigenvalue weighted by Crippen LogP contribution is 2.34. The van der Waals surface area contributed by atoms with E-state index in [1.807, 2.05) is 6.92 Å².